The molecule has 0 aliphatic carbocycles. The third-order valence-corrected chi connectivity index (χ3v) is 3.79. The summed E-state index contributed by atoms with van der Waals surface area (Å²) in [4.78, 5) is 28.2. The molecule has 0 aliphatic heterocycles. The highest BCUT2D eigenvalue weighted by atomic mass is 79.9. The predicted octanol–water partition coefficient (Wildman–Crippen LogP) is 2.61. The zero-order valence-electron chi connectivity index (χ0n) is 11.3. The van der Waals surface area contributed by atoms with Crippen LogP contribution in [0.4, 0.5) is 0 Å². The van der Waals surface area contributed by atoms with Gasteiger partial charge in [0.15, 0.2) is 0 Å². The van der Waals surface area contributed by atoms with E-state index in [4.69, 9.17) is 11.6 Å². The minimum atomic E-state index is -0.386. The van der Waals surface area contributed by atoms with Crippen LogP contribution >= 0.6 is 27.5 Å². The molecule has 0 spiro atoms. The van der Waals surface area contributed by atoms with Gasteiger partial charge in [-0.3, -0.25) is 14.6 Å². The molecule has 0 radical (unpaired) electrons. The van der Waals surface area contributed by atoms with E-state index in [-0.39, 0.29) is 22.2 Å². The van der Waals surface area contributed by atoms with Gasteiger partial charge in [0.05, 0.1) is 9.50 Å². The number of carbonyl (C=O) groups excluding carboxylic acids is 1. The average Bonchev–Trinajstić information content (AvgIpc) is 2.49. The maximum Gasteiger partial charge on any atom is 0.269 e. The second kappa shape index (κ2) is 6.87. The molecule has 7 heteroatoms. The molecule has 110 valence electrons. The largest absolute Gasteiger partial charge is 0.347 e. The third-order valence-electron chi connectivity index (χ3n) is 2.93. The SMILES string of the molecule is CCn1c(C(=O)NCc2ccncc2)c(Cl)cc(Br)c1=O. The van der Waals surface area contributed by atoms with Crippen molar-refractivity contribution >= 4 is 33.4 Å². The Kier molecular flexibility index (Phi) is 5.14. The molecule has 2 aromatic rings. The second-order valence-electron chi connectivity index (χ2n) is 4.28. The number of halogens is 2. The highest BCUT2D eigenvalue weighted by molar-refractivity contribution is 9.10. The fraction of sp³-hybridized carbons (Fsp3) is 0.214. The molecule has 0 saturated carbocycles. The summed E-state index contributed by atoms with van der Waals surface area (Å²) in [6, 6.07) is 5.05. The van der Waals surface area contributed by atoms with E-state index in [1.165, 1.54) is 10.6 Å². The highest BCUT2D eigenvalue weighted by Crippen LogP contribution is 2.18. The van der Waals surface area contributed by atoms with Crippen LogP contribution in [-0.2, 0) is 13.1 Å². The fourth-order valence-corrected chi connectivity index (χ4v) is 2.77. The van der Waals surface area contributed by atoms with Gasteiger partial charge in [-0.05, 0) is 46.6 Å². The van der Waals surface area contributed by atoms with Crippen LogP contribution in [0.2, 0.25) is 5.02 Å². The molecular weight excluding hydrogens is 358 g/mol. The van der Waals surface area contributed by atoms with Crippen molar-refractivity contribution in [2.45, 2.75) is 20.0 Å². The van der Waals surface area contributed by atoms with Gasteiger partial charge in [0, 0.05) is 25.5 Å². The molecule has 5 nitrogen and oxygen atoms in total. The first-order valence-corrected chi connectivity index (χ1v) is 7.47. The zero-order chi connectivity index (χ0) is 15.4. The van der Waals surface area contributed by atoms with E-state index in [0.29, 0.717) is 17.6 Å². The molecule has 0 bridgehead atoms. The van der Waals surface area contributed by atoms with Crippen molar-refractivity contribution < 1.29 is 4.79 Å². The minimum absolute atomic E-state index is 0.168. The highest BCUT2D eigenvalue weighted by Gasteiger charge is 2.18. The van der Waals surface area contributed by atoms with Gasteiger partial charge in [-0.15, -0.1) is 0 Å². The van der Waals surface area contributed by atoms with E-state index >= 15 is 0 Å². The van der Waals surface area contributed by atoms with Crippen LogP contribution in [0.25, 0.3) is 0 Å². The summed E-state index contributed by atoms with van der Waals surface area (Å²) >= 11 is 9.24. The van der Waals surface area contributed by atoms with Crippen molar-refractivity contribution in [3.63, 3.8) is 0 Å². The van der Waals surface area contributed by atoms with Gasteiger partial charge in [-0.25, -0.2) is 0 Å². The quantitative estimate of drug-likeness (QED) is 0.900. The van der Waals surface area contributed by atoms with Gasteiger partial charge >= 0.3 is 0 Å². The second-order valence-corrected chi connectivity index (χ2v) is 5.54. The standard InChI is InChI=1S/C14H13BrClN3O2/c1-2-19-12(11(16)7-10(15)14(19)21)13(20)18-8-9-3-5-17-6-4-9/h3-7H,2,8H2,1H3,(H,18,20). The van der Waals surface area contributed by atoms with Crippen molar-refractivity contribution in [3.05, 3.63) is 61.7 Å². The number of aromatic nitrogens is 2. The van der Waals surface area contributed by atoms with Gasteiger partial charge in [0.2, 0.25) is 0 Å². The van der Waals surface area contributed by atoms with Crippen LogP contribution in [0, 0.1) is 0 Å². The maximum atomic E-state index is 12.3. The minimum Gasteiger partial charge on any atom is -0.347 e. The summed E-state index contributed by atoms with van der Waals surface area (Å²) in [5.74, 6) is -0.386. The number of hydrogen-bond acceptors (Lipinski definition) is 3. The first kappa shape index (κ1) is 15.7. The lowest BCUT2D eigenvalue weighted by Gasteiger charge is -2.13. The smallest absolute Gasteiger partial charge is 0.269 e. The van der Waals surface area contributed by atoms with Crippen LogP contribution in [0.1, 0.15) is 23.0 Å². The van der Waals surface area contributed by atoms with E-state index in [1.54, 1.807) is 31.5 Å². The lowest BCUT2D eigenvalue weighted by molar-refractivity contribution is 0.0940. The Morgan fingerprint density at radius 3 is 2.71 bits per heavy atom. The lowest BCUT2D eigenvalue weighted by atomic mass is 10.2. The van der Waals surface area contributed by atoms with Crippen molar-refractivity contribution in [1.82, 2.24) is 14.9 Å². The maximum absolute atomic E-state index is 12.3. The Morgan fingerprint density at radius 1 is 1.43 bits per heavy atom. The van der Waals surface area contributed by atoms with Crippen molar-refractivity contribution in [3.8, 4) is 0 Å². The molecule has 0 saturated heterocycles. The average molecular weight is 371 g/mol. The monoisotopic (exact) mass is 369 g/mol. The number of nitrogens with zero attached hydrogens (tertiary/aromatic N) is 2. The van der Waals surface area contributed by atoms with E-state index in [1.807, 2.05) is 0 Å². The van der Waals surface area contributed by atoms with Gasteiger partial charge in [0.25, 0.3) is 11.5 Å². The molecule has 21 heavy (non-hydrogen) atoms. The summed E-state index contributed by atoms with van der Waals surface area (Å²) in [6.07, 6.45) is 3.30. The zero-order valence-corrected chi connectivity index (χ0v) is 13.6. The molecule has 1 N–H and O–H groups in total. The van der Waals surface area contributed by atoms with Crippen LogP contribution in [-0.4, -0.2) is 15.5 Å². The van der Waals surface area contributed by atoms with E-state index in [2.05, 4.69) is 26.2 Å². The fourth-order valence-electron chi connectivity index (χ4n) is 1.90. The van der Waals surface area contributed by atoms with Crippen molar-refractivity contribution in [1.29, 1.82) is 0 Å². The summed E-state index contributed by atoms with van der Waals surface area (Å²) in [5, 5.41) is 2.98. The molecule has 1 amide bonds. The van der Waals surface area contributed by atoms with Crippen molar-refractivity contribution in [2.24, 2.45) is 0 Å². The molecular formula is C14H13BrClN3O2. The molecule has 2 heterocycles. The van der Waals surface area contributed by atoms with E-state index in [0.717, 1.165) is 5.56 Å². The van der Waals surface area contributed by atoms with Gasteiger partial charge in [0.1, 0.15) is 5.69 Å². The Morgan fingerprint density at radius 2 is 2.10 bits per heavy atom. The molecule has 2 aromatic heterocycles. The number of hydrogen-bond donors (Lipinski definition) is 1. The Hall–Kier alpha value is -1.66. The van der Waals surface area contributed by atoms with Crippen LogP contribution in [0.3, 0.4) is 0 Å². The van der Waals surface area contributed by atoms with Gasteiger partial charge in [-0.1, -0.05) is 11.6 Å². The number of rotatable bonds is 4. The molecule has 0 aliphatic rings. The van der Waals surface area contributed by atoms with E-state index < -0.39 is 0 Å². The molecule has 0 atom stereocenters. The Bertz CT molecular complexity index is 716. The number of nitrogens with one attached hydrogen (secondary N) is 1. The number of carbonyl (C=O) groups is 1. The number of amides is 1. The Labute approximate surface area is 135 Å². The Balaban J connectivity index is 2.27. The van der Waals surface area contributed by atoms with E-state index in [9.17, 15) is 9.59 Å². The predicted molar refractivity (Wildman–Crippen MR) is 84.5 cm³/mol. The summed E-state index contributed by atoms with van der Waals surface area (Å²) in [5.41, 5.74) is 0.800. The van der Waals surface area contributed by atoms with Crippen LogP contribution in [0.15, 0.2) is 39.9 Å². The number of pyridine rings is 2. The first-order chi connectivity index (χ1) is 10.0. The first-order valence-electron chi connectivity index (χ1n) is 6.30. The molecule has 2 rings (SSSR count). The lowest BCUT2D eigenvalue weighted by Crippen LogP contribution is -2.32. The normalized spacial score (nSPS) is 10.4. The molecule has 0 fully saturated rings. The summed E-state index contributed by atoms with van der Waals surface area (Å²) in [6.45, 7) is 2.48. The molecule has 0 aromatic carbocycles. The topological polar surface area (TPSA) is 64.0 Å². The summed E-state index contributed by atoms with van der Waals surface area (Å²) in [7, 11) is 0. The van der Waals surface area contributed by atoms with Gasteiger partial charge in [-0.2, -0.15) is 0 Å². The third kappa shape index (κ3) is 3.51. The summed E-state index contributed by atoms with van der Waals surface area (Å²) < 4.78 is 1.67. The van der Waals surface area contributed by atoms with Crippen molar-refractivity contribution in [2.75, 3.05) is 0 Å². The molecule has 0 unspecified atom stereocenters. The van der Waals surface area contributed by atoms with Crippen LogP contribution in [0.5, 0.6) is 0 Å². The van der Waals surface area contributed by atoms with Gasteiger partial charge < -0.3 is 9.88 Å². The van der Waals surface area contributed by atoms with Crippen LogP contribution < -0.4 is 10.9 Å².